The Morgan fingerprint density at radius 2 is 1.90 bits per heavy atom. The standard InChI is InChI=1S/C23H24N4O2/c1-14-9-17-19(11-23(2,3)12-20(17)28)27(14)16-10-18(21(22(24)29)25-13-16)26-15-7-5-4-6-8-15/h4-10,13,26H,11-12H2,1-3H3,(H2,24,29). The highest BCUT2D eigenvalue weighted by molar-refractivity contribution is 5.99. The third kappa shape index (κ3) is 3.53. The van der Waals surface area contributed by atoms with Crippen LogP contribution in [0.3, 0.4) is 0 Å². The number of carbonyl (C=O) groups excluding carboxylic acids is 2. The smallest absolute Gasteiger partial charge is 0.269 e. The van der Waals surface area contributed by atoms with Crippen molar-refractivity contribution in [2.75, 3.05) is 5.32 Å². The molecule has 0 unspecified atom stereocenters. The van der Waals surface area contributed by atoms with Gasteiger partial charge in [0.25, 0.3) is 5.91 Å². The summed E-state index contributed by atoms with van der Waals surface area (Å²) in [4.78, 5) is 28.9. The van der Waals surface area contributed by atoms with Gasteiger partial charge in [-0.05, 0) is 43.0 Å². The van der Waals surface area contributed by atoms with E-state index in [1.165, 1.54) is 0 Å². The minimum Gasteiger partial charge on any atom is -0.364 e. The summed E-state index contributed by atoms with van der Waals surface area (Å²) in [6.45, 7) is 6.19. The van der Waals surface area contributed by atoms with Gasteiger partial charge in [0, 0.05) is 29.1 Å². The van der Waals surface area contributed by atoms with E-state index >= 15 is 0 Å². The van der Waals surface area contributed by atoms with Crippen LogP contribution in [0, 0.1) is 12.3 Å². The Morgan fingerprint density at radius 3 is 2.59 bits per heavy atom. The van der Waals surface area contributed by atoms with Gasteiger partial charge in [-0.3, -0.25) is 9.59 Å². The lowest BCUT2D eigenvalue weighted by molar-refractivity contribution is 0.0910. The van der Waals surface area contributed by atoms with Gasteiger partial charge in [0.05, 0.1) is 17.6 Å². The largest absolute Gasteiger partial charge is 0.364 e. The lowest BCUT2D eigenvalue weighted by atomic mass is 9.76. The number of benzene rings is 1. The van der Waals surface area contributed by atoms with E-state index in [1.807, 2.05) is 49.4 Å². The lowest BCUT2D eigenvalue weighted by Gasteiger charge is -2.30. The zero-order valence-electron chi connectivity index (χ0n) is 16.8. The molecule has 0 saturated heterocycles. The van der Waals surface area contributed by atoms with Crippen LogP contribution in [-0.2, 0) is 6.42 Å². The van der Waals surface area contributed by atoms with Gasteiger partial charge in [-0.15, -0.1) is 0 Å². The predicted molar refractivity (Wildman–Crippen MR) is 113 cm³/mol. The number of anilines is 2. The number of nitrogens with one attached hydrogen (secondary N) is 1. The van der Waals surface area contributed by atoms with Crippen molar-refractivity contribution in [1.82, 2.24) is 9.55 Å². The maximum Gasteiger partial charge on any atom is 0.269 e. The number of carbonyl (C=O) groups is 2. The van der Waals surface area contributed by atoms with Crippen LogP contribution in [0.1, 0.15) is 52.5 Å². The molecule has 0 saturated carbocycles. The number of Topliss-reactive ketones (excluding diaryl/α,β-unsaturated/α-hetero) is 1. The second-order valence-corrected chi connectivity index (χ2v) is 8.37. The number of para-hydroxylation sites is 1. The van der Waals surface area contributed by atoms with Gasteiger partial charge < -0.3 is 15.6 Å². The molecule has 29 heavy (non-hydrogen) atoms. The van der Waals surface area contributed by atoms with Crippen molar-refractivity contribution in [3.05, 3.63) is 71.3 Å². The van der Waals surface area contributed by atoms with Gasteiger partial charge in [0.1, 0.15) is 0 Å². The van der Waals surface area contributed by atoms with Crippen molar-refractivity contribution < 1.29 is 9.59 Å². The third-order valence-electron chi connectivity index (χ3n) is 5.29. The Labute approximate surface area is 169 Å². The average Bonchev–Trinajstić information content (AvgIpc) is 2.97. The molecule has 0 fully saturated rings. The SMILES string of the molecule is Cc1cc2c(n1-c1cnc(C(N)=O)c(Nc3ccccc3)c1)CC(C)(C)CC2=O. The van der Waals surface area contributed by atoms with Gasteiger partial charge in [0.2, 0.25) is 0 Å². The van der Waals surface area contributed by atoms with Crippen molar-refractivity contribution in [3.8, 4) is 5.69 Å². The zero-order valence-corrected chi connectivity index (χ0v) is 16.8. The molecule has 148 valence electrons. The van der Waals surface area contributed by atoms with Crippen molar-refractivity contribution in [2.24, 2.45) is 11.1 Å². The van der Waals surface area contributed by atoms with E-state index in [0.717, 1.165) is 34.7 Å². The minimum atomic E-state index is -0.599. The number of amides is 1. The van der Waals surface area contributed by atoms with Crippen molar-refractivity contribution in [3.63, 3.8) is 0 Å². The first kappa shape index (κ1) is 18.9. The number of ketones is 1. The summed E-state index contributed by atoms with van der Waals surface area (Å²) in [5.41, 5.74) is 10.5. The summed E-state index contributed by atoms with van der Waals surface area (Å²) in [5.74, 6) is -0.431. The Kier molecular flexibility index (Phi) is 4.49. The van der Waals surface area contributed by atoms with Crippen LogP contribution < -0.4 is 11.1 Å². The molecule has 1 amide bonds. The fraction of sp³-hybridized carbons (Fsp3) is 0.261. The fourth-order valence-corrected chi connectivity index (χ4v) is 4.06. The normalized spacial score (nSPS) is 15.1. The Balaban J connectivity index is 1.84. The molecule has 6 heteroatoms. The molecule has 6 nitrogen and oxygen atoms in total. The molecule has 0 atom stereocenters. The van der Waals surface area contributed by atoms with Crippen LogP contribution in [0.4, 0.5) is 11.4 Å². The van der Waals surface area contributed by atoms with Gasteiger partial charge in [0.15, 0.2) is 11.5 Å². The number of aromatic nitrogens is 2. The zero-order chi connectivity index (χ0) is 20.8. The average molecular weight is 388 g/mol. The molecule has 1 aliphatic rings. The number of aryl methyl sites for hydroxylation is 1. The van der Waals surface area contributed by atoms with Crippen LogP contribution in [-0.4, -0.2) is 21.2 Å². The molecule has 0 aliphatic heterocycles. The highest BCUT2D eigenvalue weighted by Crippen LogP contribution is 2.38. The summed E-state index contributed by atoms with van der Waals surface area (Å²) in [6.07, 6.45) is 2.97. The van der Waals surface area contributed by atoms with Gasteiger partial charge in [-0.1, -0.05) is 32.0 Å². The number of rotatable bonds is 4. The molecular weight excluding hydrogens is 364 g/mol. The Morgan fingerprint density at radius 1 is 1.17 bits per heavy atom. The monoisotopic (exact) mass is 388 g/mol. The summed E-state index contributed by atoms with van der Waals surface area (Å²) >= 11 is 0. The van der Waals surface area contributed by atoms with Crippen molar-refractivity contribution in [1.29, 1.82) is 0 Å². The highest BCUT2D eigenvalue weighted by Gasteiger charge is 2.34. The fourth-order valence-electron chi connectivity index (χ4n) is 4.06. The molecule has 2 heterocycles. The maximum atomic E-state index is 12.6. The molecule has 0 bridgehead atoms. The third-order valence-corrected chi connectivity index (χ3v) is 5.29. The van der Waals surface area contributed by atoms with Crippen LogP contribution in [0.25, 0.3) is 5.69 Å². The number of nitrogens with two attached hydrogens (primary N) is 1. The van der Waals surface area contributed by atoms with E-state index in [4.69, 9.17) is 5.73 Å². The number of pyridine rings is 1. The summed E-state index contributed by atoms with van der Waals surface area (Å²) in [6, 6.07) is 13.3. The molecule has 3 aromatic rings. The second-order valence-electron chi connectivity index (χ2n) is 8.37. The quantitative estimate of drug-likeness (QED) is 0.702. The lowest BCUT2D eigenvalue weighted by Crippen LogP contribution is -2.28. The summed E-state index contributed by atoms with van der Waals surface area (Å²) < 4.78 is 2.06. The molecule has 0 spiro atoms. The molecule has 1 aliphatic carbocycles. The van der Waals surface area contributed by atoms with E-state index in [9.17, 15) is 9.59 Å². The van der Waals surface area contributed by atoms with Crippen LogP contribution in [0.5, 0.6) is 0 Å². The molecule has 1 aromatic carbocycles. The van der Waals surface area contributed by atoms with Gasteiger partial charge >= 0.3 is 0 Å². The van der Waals surface area contributed by atoms with E-state index in [2.05, 4.69) is 28.7 Å². The first-order chi connectivity index (χ1) is 13.7. The topological polar surface area (TPSA) is 90.0 Å². The number of hydrogen-bond acceptors (Lipinski definition) is 4. The molecule has 2 aromatic heterocycles. The number of nitrogens with zero attached hydrogens (tertiary/aromatic N) is 2. The highest BCUT2D eigenvalue weighted by atomic mass is 16.1. The van der Waals surface area contributed by atoms with E-state index in [-0.39, 0.29) is 16.9 Å². The van der Waals surface area contributed by atoms with Crippen LogP contribution in [0.15, 0.2) is 48.7 Å². The van der Waals surface area contributed by atoms with Crippen molar-refractivity contribution in [2.45, 2.75) is 33.6 Å². The van der Waals surface area contributed by atoms with E-state index < -0.39 is 5.91 Å². The predicted octanol–water partition coefficient (Wildman–Crippen LogP) is 4.18. The number of hydrogen-bond donors (Lipinski definition) is 2. The van der Waals surface area contributed by atoms with Crippen LogP contribution in [0.2, 0.25) is 0 Å². The van der Waals surface area contributed by atoms with Crippen molar-refractivity contribution >= 4 is 23.1 Å². The number of primary amides is 1. The number of fused-ring (bicyclic) bond motifs is 1. The molecule has 0 radical (unpaired) electrons. The summed E-state index contributed by atoms with van der Waals surface area (Å²) in [7, 11) is 0. The second kappa shape index (κ2) is 6.88. The maximum absolute atomic E-state index is 12.6. The molecular formula is C23H24N4O2. The summed E-state index contributed by atoms with van der Waals surface area (Å²) in [5, 5.41) is 3.24. The molecule has 3 N–H and O–H groups in total. The Bertz CT molecular complexity index is 1110. The first-order valence-electron chi connectivity index (χ1n) is 9.62. The Hall–Kier alpha value is -3.41. The van der Waals surface area contributed by atoms with E-state index in [1.54, 1.807) is 6.20 Å². The van der Waals surface area contributed by atoms with Gasteiger partial charge in [-0.2, -0.15) is 0 Å². The van der Waals surface area contributed by atoms with Gasteiger partial charge in [-0.25, -0.2) is 4.98 Å². The minimum absolute atomic E-state index is 0.0989. The first-order valence-corrected chi connectivity index (χ1v) is 9.62. The van der Waals surface area contributed by atoms with Crippen LogP contribution >= 0.6 is 0 Å². The molecule has 4 rings (SSSR count). The van der Waals surface area contributed by atoms with E-state index in [0.29, 0.717) is 12.1 Å².